The van der Waals surface area contributed by atoms with Crippen LogP contribution in [0.5, 0.6) is 0 Å². The highest BCUT2D eigenvalue weighted by Crippen LogP contribution is 2.27. The van der Waals surface area contributed by atoms with E-state index in [0.29, 0.717) is 0 Å². The van der Waals surface area contributed by atoms with Gasteiger partial charge in [0.1, 0.15) is 6.04 Å². The molecule has 0 aromatic heterocycles. The zero-order chi connectivity index (χ0) is 18.7. The fourth-order valence-electron chi connectivity index (χ4n) is 2.78. The number of aliphatic carboxylic acids is 1. The second-order valence-corrected chi connectivity index (χ2v) is 6.84. The Bertz CT molecular complexity index is 846. The summed E-state index contributed by atoms with van der Waals surface area (Å²) in [6.45, 7) is 0. The minimum absolute atomic E-state index is 0.0655. The molecule has 0 unspecified atom stereocenters. The van der Waals surface area contributed by atoms with E-state index in [9.17, 15) is 24.3 Å². The van der Waals surface area contributed by atoms with E-state index in [2.05, 4.69) is 0 Å². The summed E-state index contributed by atoms with van der Waals surface area (Å²) in [6.07, 6.45) is -0.191. The summed E-state index contributed by atoms with van der Waals surface area (Å²) in [5.74, 6) is -2.58. The zero-order valence-corrected chi connectivity index (χ0v) is 14.4. The van der Waals surface area contributed by atoms with Crippen LogP contribution < -0.4 is 0 Å². The van der Waals surface area contributed by atoms with Crippen molar-refractivity contribution in [3.63, 3.8) is 0 Å². The van der Waals surface area contributed by atoms with Crippen molar-refractivity contribution < 1.29 is 24.3 Å². The number of imide groups is 1. The van der Waals surface area contributed by atoms with E-state index < -0.39 is 23.8 Å². The number of benzene rings is 2. The van der Waals surface area contributed by atoms with E-state index >= 15 is 0 Å². The van der Waals surface area contributed by atoms with Gasteiger partial charge in [0, 0.05) is 11.3 Å². The standard InChI is InChI=1S/C19H15NO5S/c21-16(26-12-6-2-1-3-7-12)11-10-15(19(24)25)20-17(22)13-8-4-5-9-14(13)18(20)23/h1-9,15H,10-11H2,(H,24,25)/t15-/m1/s1. The Labute approximate surface area is 153 Å². The molecular formula is C19H15NO5S. The number of carboxylic acid groups (broad SMARTS) is 1. The molecule has 2 amide bonds. The topological polar surface area (TPSA) is 91.8 Å². The third kappa shape index (κ3) is 3.52. The van der Waals surface area contributed by atoms with Crippen LogP contribution in [0.25, 0.3) is 0 Å². The molecule has 0 bridgehead atoms. The molecule has 3 rings (SSSR count). The first-order valence-corrected chi connectivity index (χ1v) is 8.76. The maximum Gasteiger partial charge on any atom is 0.326 e. The van der Waals surface area contributed by atoms with Gasteiger partial charge in [0.15, 0.2) is 5.12 Å². The molecule has 0 spiro atoms. The van der Waals surface area contributed by atoms with Gasteiger partial charge in [-0.3, -0.25) is 19.3 Å². The van der Waals surface area contributed by atoms with Crippen LogP contribution in [-0.2, 0) is 9.59 Å². The number of carbonyl (C=O) groups is 4. The first kappa shape index (κ1) is 17.9. The molecule has 0 saturated carbocycles. The monoisotopic (exact) mass is 369 g/mol. The van der Waals surface area contributed by atoms with Gasteiger partial charge in [-0.1, -0.05) is 42.1 Å². The Kier molecular flexibility index (Phi) is 5.18. The molecule has 1 aliphatic heterocycles. The Hall–Kier alpha value is -2.93. The van der Waals surface area contributed by atoms with Crippen molar-refractivity contribution in [1.29, 1.82) is 0 Å². The van der Waals surface area contributed by atoms with E-state index in [1.807, 2.05) is 6.07 Å². The van der Waals surface area contributed by atoms with Crippen LogP contribution in [0.15, 0.2) is 59.5 Å². The Morgan fingerprint density at radius 3 is 2.00 bits per heavy atom. The normalized spacial score (nSPS) is 14.2. The number of thioether (sulfide) groups is 1. The molecule has 7 heteroatoms. The van der Waals surface area contributed by atoms with Gasteiger partial charge in [0.05, 0.1) is 11.1 Å². The van der Waals surface area contributed by atoms with E-state index in [0.717, 1.165) is 21.6 Å². The van der Waals surface area contributed by atoms with Crippen LogP contribution in [0.2, 0.25) is 0 Å². The first-order valence-electron chi connectivity index (χ1n) is 7.94. The fourth-order valence-corrected chi connectivity index (χ4v) is 3.56. The summed E-state index contributed by atoms with van der Waals surface area (Å²) in [5, 5.41) is 9.26. The number of fused-ring (bicyclic) bond motifs is 1. The number of hydrogen-bond donors (Lipinski definition) is 1. The molecule has 0 radical (unpaired) electrons. The predicted molar refractivity (Wildman–Crippen MR) is 94.9 cm³/mol. The van der Waals surface area contributed by atoms with Crippen molar-refractivity contribution in [3.8, 4) is 0 Å². The predicted octanol–water partition coefficient (Wildman–Crippen LogP) is 2.83. The third-order valence-electron chi connectivity index (χ3n) is 4.02. The summed E-state index contributed by atoms with van der Waals surface area (Å²) in [6, 6.07) is 13.8. The van der Waals surface area contributed by atoms with Crippen molar-refractivity contribution >= 4 is 34.7 Å². The van der Waals surface area contributed by atoms with Crippen LogP contribution in [0.4, 0.5) is 0 Å². The molecule has 132 valence electrons. The summed E-state index contributed by atoms with van der Waals surface area (Å²) in [4.78, 5) is 50.1. The smallest absolute Gasteiger partial charge is 0.326 e. The van der Waals surface area contributed by atoms with Crippen LogP contribution in [-0.4, -0.2) is 38.9 Å². The molecule has 0 fully saturated rings. The first-order chi connectivity index (χ1) is 12.5. The minimum atomic E-state index is -1.37. The molecule has 2 aromatic rings. The largest absolute Gasteiger partial charge is 0.480 e. The number of carboxylic acids is 1. The van der Waals surface area contributed by atoms with Crippen LogP contribution in [0.1, 0.15) is 33.6 Å². The second kappa shape index (κ2) is 7.53. The van der Waals surface area contributed by atoms with Crippen molar-refractivity contribution in [2.45, 2.75) is 23.8 Å². The van der Waals surface area contributed by atoms with Gasteiger partial charge in [-0.15, -0.1) is 0 Å². The van der Waals surface area contributed by atoms with E-state index in [1.54, 1.807) is 36.4 Å². The number of rotatable bonds is 6. The van der Waals surface area contributed by atoms with Crippen LogP contribution in [0, 0.1) is 0 Å². The molecule has 1 heterocycles. The maximum absolute atomic E-state index is 12.4. The van der Waals surface area contributed by atoms with Gasteiger partial charge in [-0.25, -0.2) is 4.79 Å². The van der Waals surface area contributed by atoms with E-state index in [1.165, 1.54) is 12.1 Å². The van der Waals surface area contributed by atoms with Crippen molar-refractivity contribution in [1.82, 2.24) is 4.90 Å². The third-order valence-corrected chi connectivity index (χ3v) is 4.96. The summed E-state index contributed by atoms with van der Waals surface area (Å²) >= 11 is 1.01. The molecular weight excluding hydrogens is 354 g/mol. The molecule has 1 atom stereocenters. The number of amides is 2. The lowest BCUT2D eigenvalue weighted by Gasteiger charge is -2.22. The fraction of sp³-hybridized carbons (Fsp3) is 0.158. The molecule has 1 aliphatic rings. The number of nitrogens with zero attached hydrogens (tertiary/aromatic N) is 1. The minimum Gasteiger partial charge on any atom is -0.480 e. The summed E-state index contributed by atoms with van der Waals surface area (Å²) in [5.41, 5.74) is 0.377. The lowest BCUT2D eigenvalue weighted by atomic mass is 10.1. The molecule has 1 N–H and O–H groups in total. The molecule has 2 aromatic carbocycles. The Balaban J connectivity index is 1.71. The quantitative estimate of drug-likeness (QED) is 0.622. The Morgan fingerprint density at radius 2 is 1.46 bits per heavy atom. The van der Waals surface area contributed by atoms with Crippen LogP contribution in [0.3, 0.4) is 0 Å². The van der Waals surface area contributed by atoms with E-state index in [-0.39, 0.29) is 29.1 Å². The summed E-state index contributed by atoms with van der Waals surface area (Å²) < 4.78 is 0. The highest BCUT2D eigenvalue weighted by atomic mass is 32.2. The molecule has 6 nitrogen and oxygen atoms in total. The van der Waals surface area contributed by atoms with Gasteiger partial charge in [-0.2, -0.15) is 0 Å². The van der Waals surface area contributed by atoms with Gasteiger partial charge in [0.25, 0.3) is 11.8 Å². The van der Waals surface area contributed by atoms with Gasteiger partial charge in [0.2, 0.25) is 0 Å². The average Bonchev–Trinajstić information content (AvgIpc) is 2.88. The SMILES string of the molecule is O=C(CC[C@H](C(=O)O)N1C(=O)c2ccccc2C1=O)Sc1ccccc1. The number of hydrogen-bond acceptors (Lipinski definition) is 5. The van der Waals surface area contributed by atoms with Gasteiger partial charge >= 0.3 is 5.97 Å². The lowest BCUT2D eigenvalue weighted by Crippen LogP contribution is -2.45. The lowest BCUT2D eigenvalue weighted by molar-refractivity contribution is -0.141. The molecule has 0 aliphatic carbocycles. The highest BCUT2D eigenvalue weighted by Gasteiger charge is 2.42. The van der Waals surface area contributed by atoms with Crippen LogP contribution >= 0.6 is 11.8 Å². The van der Waals surface area contributed by atoms with Gasteiger partial charge in [-0.05, 0) is 30.7 Å². The zero-order valence-electron chi connectivity index (χ0n) is 13.6. The molecule has 26 heavy (non-hydrogen) atoms. The van der Waals surface area contributed by atoms with E-state index in [4.69, 9.17) is 0 Å². The highest BCUT2D eigenvalue weighted by molar-refractivity contribution is 8.13. The maximum atomic E-state index is 12.4. The van der Waals surface area contributed by atoms with Crippen molar-refractivity contribution in [3.05, 3.63) is 65.7 Å². The average molecular weight is 369 g/mol. The second-order valence-electron chi connectivity index (χ2n) is 5.71. The summed E-state index contributed by atoms with van der Waals surface area (Å²) in [7, 11) is 0. The molecule has 0 saturated heterocycles. The Morgan fingerprint density at radius 1 is 0.923 bits per heavy atom. The van der Waals surface area contributed by atoms with Crippen molar-refractivity contribution in [2.75, 3.05) is 0 Å². The van der Waals surface area contributed by atoms with Gasteiger partial charge < -0.3 is 5.11 Å². The van der Waals surface area contributed by atoms with Crippen molar-refractivity contribution in [2.24, 2.45) is 0 Å². The number of carbonyl (C=O) groups excluding carboxylic acids is 3.